The van der Waals surface area contributed by atoms with E-state index in [1.54, 1.807) is 12.1 Å². The van der Waals surface area contributed by atoms with Gasteiger partial charge in [-0.1, -0.05) is 23.2 Å². The Morgan fingerprint density at radius 3 is 2.33 bits per heavy atom. The first-order chi connectivity index (χ1) is 9.88. The van der Waals surface area contributed by atoms with Gasteiger partial charge in [-0.2, -0.15) is 0 Å². The predicted molar refractivity (Wildman–Crippen MR) is 79.3 cm³/mol. The maximum Gasteiger partial charge on any atom is 0.250 e. The number of hydrogen-bond donors (Lipinski definition) is 1. The van der Waals surface area contributed by atoms with E-state index >= 15 is 0 Å². The lowest BCUT2D eigenvalue weighted by atomic mass is 10.1. The van der Waals surface area contributed by atoms with Crippen molar-refractivity contribution >= 4 is 34.9 Å². The van der Waals surface area contributed by atoms with E-state index in [-0.39, 0.29) is 27.3 Å². The van der Waals surface area contributed by atoms with E-state index in [1.165, 1.54) is 25.3 Å². The number of Topliss-reactive ketones (excluding diaryl/α,β-unsaturated/α-hetero) is 1. The summed E-state index contributed by atoms with van der Waals surface area (Å²) in [5.74, 6) is -0.368. The van der Waals surface area contributed by atoms with Crippen LogP contribution in [-0.2, 0) is 0 Å². The average Bonchev–Trinajstić information content (AvgIpc) is 2.42. The van der Waals surface area contributed by atoms with E-state index in [0.717, 1.165) is 0 Å². The molecule has 5 nitrogen and oxygen atoms in total. The van der Waals surface area contributed by atoms with Gasteiger partial charge in [-0.3, -0.25) is 9.59 Å². The first-order valence-corrected chi connectivity index (χ1v) is 6.57. The molecule has 0 saturated carbocycles. The lowest BCUT2D eigenvalue weighted by molar-refractivity contribution is 0.0996. The molecule has 0 atom stereocenters. The Hall–Kier alpha value is -2.11. The minimum atomic E-state index is -0.639. The highest BCUT2D eigenvalue weighted by Gasteiger charge is 2.12. The third kappa shape index (κ3) is 3.51. The summed E-state index contributed by atoms with van der Waals surface area (Å²) in [6, 6.07) is 5.96. The summed E-state index contributed by atoms with van der Waals surface area (Å²) in [5, 5.41) is 0.373. The van der Waals surface area contributed by atoms with Crippen LogP contribution in [0, 0.1) is 0 Å². The van der Waals surface area contributed by atoms with Gasteiger partial charge >= 0.3 is 0 Å². The number of carbonyl (C=O) groups is 2. The molecule has 108 valence electrons. The lowest BCUT2D eigenvalue weighted by Crippen LogP contribution is -2.11. The Bertz CT molecular complexity index is 671. The highest BCUT2D eigenvalue weighted by atomic mass is 35.5. The minimum absolute atomic E-state index is 0.0825. The van der Waals surface area contributed by atoms with Gasteiger partial charge in [0.15, 0.2) is 5.78 Å². The second-order valence-electron chi connectivity index (χ2n) is 4.18. The van der Waals surface area contributed by atoms with Crippen molar-refractivity contribution < 1.29 is 14.3 Å². The topological polar surface area (TPSA) is 82.3 Å². The third-order valence-electron chi connectivity index (χ3n) is 2.64. The van der Waals surface area contributed by atoms with Crippen LogP contribution in [0.2, 0.25) is 10.0 Å². The van der Waals surface area contributed by atoms with E-state index in [0.29, 0.717) is 11.3 Å². The van der Waals surface area contributed by atoms with E-state index in [1.807, 2.05) is 0 Å². The SMILES string of the molecule is CC(=O)c1ccc(Oc2ncc(C(N)=O)cc2Cl)c(Cl)c1. The standard InChI is InChI=1S/C14H10Cl2N2O3/c1-7(19)8-2-3-12(10(15)4-8)21-14-11(16)5-9(6-18-14)13(17)20/h2-6H,1H3,(H2,17,20). The molecular formula is C14H10Cl2N2O3. The smallest absolute Gasteiger partial charge is 0.250 e. The number of benzene rings is 1. The van der Waals surface area contributed by atoms with Crippen molar-refractivity contribution in [2.45, 2.75) is 6.92 Å². The number of carbonyl (C=O) groups excluding carboxylic acids is 2. The van der Waals surface area contributed by atoms with Gasteiger partial charge in [0.05, 0.1) is 10.6 Å². The zero-order valence-corrected chi connectivity index (χ0v) is 12.4. The number of rotatable bonds is 4. The minimum Gasteiger partial charge on any atom is -0.436 e. The number of ether oxygens (including phenoxy) is 1. The maximum absolute atomic E-state index is 11.2. The van der Waals surface area contributed by atoms with Crippen LogP contribution in [0.5, 0.6) is 11.6 Å². The number of halogens is 2. The molecule has 1 heterocycles. The Morgan fingerprint density at radius 2 is 1.81 bits per heavy atom. The van der Waals surface area contributed by atoms with Crippen molar-refractivity contribution in [2.24, 2.45) is 5.73 Å². The molecule has 0 spiro atoms. The van der Waals surface area contributed by atoms with Crippen LogP contribution in [-0.4, -0.2) is 16.7 Å². The molecule has 2 rings (SSSR count). The Balaban J connectivity index is 2.30. The Labute approximate surface area is 130 Å². The van der Waals surface area contributed by atoms with Gasteiger partial charge < -0.3 is 10.5 Å². The molecule has 0 aliphatic rings. The first kappa shape index (κ1) is 15.3. The summed E-state index contributed by atoms with van der Waals surface area (Å²) < 4.78 is 5.47. The molecule has 0 radical (unpaired) electrons. The molecule has 0 unspecified atom stereocenters. The van der Waals surface area contributed by atoms with Crippen molar-refractivity contribution in [1.82, 2.24) is 4.98 Å². The van der Waals surface area contributed by atoms with Crippen LogP contribution in [0.15, 0.2) is 30.5 Å². The summed E-state index contributed by atoms with van der Waals surface area (Å²) in [6.45, 7) is 1.44. The van der Waals surface area contributed by atoms with Crippen LogP contribution >= 0.6 is 23.2 Å². The van der Waals surface area contributed by atoms with Crippen molar-refractivity contribution in [1.29, 1.82) is 0 Å². The number of primary amides is 1. The van der Waals surface area contributed by atoms with Gasteiger partial charge in [-0.25, -0.2) is 4.98 Å². The first-order valence-electron chi connectivity index (χ1n) is 5.82. The van der Waals surface area contributed by atoms with Gasteiger partial charge in [0.25, 0.3) is 0 Å². The normalized spacial score (nSPS) is 10.2. The molecule has 7 heteroatoms. The second-order valence-corrected chi connectivity index (χ2v) is 4.99. The molecule has 1 amide bonds. The molecule has 1 aromatic carbocycles. The zero-order valence-electron chi connectivity index (χ0n) is 10.9. The molecule has 1 aromatic heterocycles. The van der Waals surface area contributed by atoms with Gasteiger partial charge in [-0.15, -0.1) is 0 Å². The lowest BCUT2D eigenvalue weighted by Gasteiger charge is -2.09. The van der Waals surface area contributed by atoms with Crippen LogP contribution in [0.1, 0.15) is 27.6 Å². The fourth-order valence-corrected chi connectivity index (χ4v) is 1.97. The molecule has 21 heavy (non-hydrogen) atoms. The fraction of sp³-hybridized carbons (Fsp3) is 0.0714. The summed E-state index contributed by atoms with van der Waals surface area (Å²) >= 11 is 12.0. The summed E-state index contributed by atoms with van der Waals surface area (Å²) in [5.41, 5.74) is 5.76. The number of nitrogens with zero attached hydrogens (tertiary/aromatic N) is 1. The van der Waals surface area contributed by atoms with E-state index in [4.69, 9.17) is 33.7 Å². The molecule has 0 bridgehead atoms. The predicted octanol–water partition coefficient (Wildman–Crippen LogP) is 3.48. The van der Waals surface area contributed by atoms with Crippen molar-refractivity contribution in [3.63, 3.8) is 0 Å². The molecule has 2 N–H and O–H groups in total. The number of ketones is 1. The number of aromatic nitrogens is 1. The summed E-state index contributed by atoms with van der Waals surface area (Å²) in [6.07, 6.45) is 1.25. The monoisotopic (exact) mass is 324 g/mol. The Morgan fingerprint density at radius 1 is 1.14 bits per heavy atom. The van der Waals surface area contributed by atoms with Crippen LogP contribution in [0.25, 0.3) is 0 Å². The fourth-order valence-electron chi connectivity index (χ4n) is 1.54. The second kappa shape index (κ2) is 6.11. The highest BCUT2D eigenvalue weighted by molar-refractivity contribution is 6.33. The van der Waals surface area contributed by atoms with Crippen LogP contribution in [0.3, 0.4) is 0 Å². The van der Waals surface area contributed by atoms with Gasteiger partial charge in [0.2, 0.25) is 11.8 Å². The van der Waals surface area contributed by atoms with E-state index < -0.39 is 5.91 Å². The molecule has 0 aliphatic carbocycles. The number of pyridine rings is 1. The quantitative estimate of drug-likeness (QED) is 0.873. The Kier molecular flexibility index (Phi) is 4.45. The number of hydrogen-bond acceptors (Lipinski definition) is 4. The van der Waals surface area contributed by atoms with E-state index in [9.17, 15) is 9.59 Å². The van der Waals surface area contributed by atoms with Crippen molar-refractivity contribution in [2.75, 3.05) is 0 Å². The molecule has 0 fully saturated rings. The number of amides is 1. The van der Waals surface area contributed by atoms with Crippen molar-refractivity contribution in [3.05, 3.63) is 51.6 Å². The molecule has 0 aliphatic heterocycles. The largest absolute Gasteiger partial charge is 0.436 e. The maximum atomic E-state index is 11.2. The third-order valence-corrected chi connectivity index (χ3v) is 3.20. The van der Waals surface area contributed by atoms with Gasteiger partial charge in [0.1, 0.15) is 10.8 Å². The zero-order chi connectivity index (χ0) is 15.6. The highest BCUT2D eigenvalue weighted by Crippen LogP contribution is 2.33. The summed E-state index contributed by atoms with van der Waals surface area (Å²) in [4.78, 5) is 26.2. The van der Waals surface area contributed by atoms with Gasteiger partial charge in [0, 0.05) is 11.8 Å². The molecule has 0 saturated heterocycles. The summed E-state index contributed by atoms with van der Waals surface area (Å²) in [7, 11) is 0. The number of nitrogens with two attached hydrogens (primary N) is 1. The van der Waals surface area contributed by atoms with E-state index in [2.05, 4.69) is 4.98 Å². The average molecular weight is 325 g/mol. The van der Waals surface area contributed by atoms with Crippen LogP contribution in [0.4, 0.5) is 0 Å². The van der Waals surface area contributed by atoms with Crippen LogP contribution < -0.4 is 10.5 Å². The molecular weight excluding hydrogens is 315 g/mol. The molecule has 2 aromatic rings. The van der Waals surface area contributed by atoms with Gasteiger partial charge in [-0.05, 0) is 31.2 Å². The van der Waals surface area contributed by atoms with Crippen molar-refractivity contribution in [3.8, 4) is 11.6 Å².